The smallest absolute Gasteiger partial charge is 0.0249 e. The molecule has 3 heteroatoms. The van der Waals surface area contributed by atoms with Crippen LogP contribution < -0.4 is 16.6 Å². The van der Waals surface area contributed by atoms with E-state index in [9.17, 15) is 0 Å². The highest BCUT2D eigenvalue weighted by atomic mass is 15.2. The van der Waals surface area contributed by atoms with Gasteiger partial charge < -0.3 is 5.32 Å². The van der Waals surface area contributed by atoms with Crippen LogP contribution in [0, 0.1) is 0 Å². The first-order chi connectivity index (χ1) is 3.81. The Morgan fingerprint density at radius 1 is 1.62 bits per heavy atom. The van der Waals surface area contributed by atoms with Crippen molar-refractivity contribution in [1.82, 2.24) is 10.7 Å². The minimum Gasteiger partial charge on any atom is -0.313 e. The molecule has 0 aliphatic heterocycles. The Kier molecular flexibility index (Phi) is 4.95. The molecule has 0 bridgehead atoms. The fourth-order valence-corrected chi connectivity index (χ4v) is 0.597. The van der Waals surface area contributed by atoms with Crippen LogP contribution in [0.3, 0.4) is 0 Å². The molecule has 1 atom stereocenters. The SMILES string of the molecule is CCNC(C)CNN. The van der Waals surface area contributed by atoms with E-state index in [0.29, 0.717) is 6.04 Å². The molecule has 0 saturated heterocycles. The summed E-state index contributed by atoms with van der Waals surface area (Å²) in [6.07, 6.45) is 0. The van der Waals surface area contributed by atoms with Gasteiger partial charge >= 0.3 is 0 Å². The number of hydrazine groups is 1. The average molecular weight is 117 g/mol. The molecule has 8 heavy (non-hydrogen) atoms. The lowest BCUT2D eigenvalue weighted by Crippen LogP contribution is -2.38. The second-order valence-corrected chi connectivity index (χ2v) is 1.87. The molecule has 0 aromatic heterocycles. The van der Waals surface area contributed by atoms with Gasteiger partial charge in [-0.1, -0.05) is 6.92 Å². The van der Waals surface area contributed by atoms with Crippen LogP contribution in [0.25, 0.3) is 0 Å². The molecular weight excluding hydrogens is 102 g/mol. The number of nitrogens with one attached hydrogen (secondary N) is 2. The Hall–Kier alpha value is -0.120. The number of hydrogen-bond donors (Lipinski definition) is 3. The maximum absolute atomic E-state index is 5.07. The van der Waals surface area contributed by atoms with Gasteiger partial charge in [0.05, 0.1) is 0 Å². The Labute approximate surface area is 50.6 Å². The van der Waals surface area contributed by atoms with Crippen LogP contribution in [0.5, 0.6) is 0 Å². The first kappa shape index (κ1) is 7.88. The van der Waals surface area contributed by atoms with E-state index < -0.39 is 0 Å². The molecule has 0 amide bonds. The van der Waals surface area contributed by atoms with Gasteiger partial charge in [-0.25, -0.2) is 0 Å². The normalized spacial score (nSPS) is 13.9. The fourth-order valence-electron chi connectivity index (χ4n) is 0.597. The van der Waals surface area contributed by atoms with Crippen molar-refractivity contribution < 1.29 is 0 Å². The fraction of sp³-hybridized carbons (Fsp3) is 1.00. The summed E-state index contributed by atoms with van der Waals surface area (Å²) in [5, 5.41) is 3.20. The van der Waals surface area contributed by atoms with Crippen molar-refractivity contribution >= 4 is 0 Å². The van der Waals surface area contributed by atoms with Crippen LogP contribution in [0.2, 0.25) is 0 Å². The molecule has 3 nitrogen and oxygen atoms in total. The van der Waals surface area contributed by atoms with Crippen molar-refractivity contribution in [2.75, 3.05) is 13.1 Å². The molecule has 0 saturated carbocycles. The van der Waals surface area contributed by atoms with E-state index in [1.165, 1.54) is 0 Å². The summed E-state index contributed by atoms with van der Waals surface area (Å²) in [5.41, 5.74) is 2.59. The largest absolute Gasteiger partial charge is 0.313 e. The van der Waals surface area contributed by atoms with Crippen LogP contribution in [-0.4, -0.2) is 19.1 Å². The van der Waals surface area contributed by atoms with Crippen LogP contribution >= 0.6 is 0 Å². The Bertz CT molecular complexity index is 40.9. The molecule has 0 heterocycles. The summed E-state index contributed by atoms with van der Waals surface area (Å²) in [6.45, 7) is 5.99. The van der Waals surface area contributed by atoms with Crippen molar-refractivity contribution in [2.45, 2.75) is 19.9 Å². The van der Waals surface area contributed by atoms with Gasteiger partial charge in [0.1, 0.15) is 0 Å². The summed E-state index contributed by atoms with van der Waals surface area (Å²) in [5.74, 6) is 5.07. The van der Waals surface area contributed by atoms with Crippen molar-refractivity contribution in [1.29, 1.82) is 0 Å². The third-order valence-corrected chi connectivity index (χ3v) is 0.977. The maximum atomic E-state index is 5.07. The van der Waals surface area contributed by atoms with E-state index in [2.05, 4.69) is 24.6 Å². The van der Waals surface area contributed by atoms with Crippen molar-refractivity contribution in [3.8, 4) is 0 Å². The highest BCUT2D eigenvalue weighted by molar-refractivity contribution is 4.58. The predicted octanol–water partition coefficient (Wildman–Crippen LogP) is -0.552. The topological polar surface area (TPSA) is 50.1 Å². The Morgan fingerprint density at radius 2 is 2.25 bits per heavy atom. The van der Waals surface area contributed by atoms with Crippen LogP contribution in [-0.2, 0) is 0 Å². The summed E-state index contributed by atoms with van der Waals surface area (Å²) >= 11 is 0. The highest BCUT2D eigenvalue weighted by Crippen LogP contribution is 1.73. The molecule has 0 spiro atoms. The standard InChI is InChI=1S/C5H15N3/c1-3-7-5(2)4-8-6/h5,7-8H,3-4,6H2,1-2H3. The summed E-state index contributed by atoms with van der Waals surface area (Å²) in [4.78, 5) is 0. The van der Waals surface area contributed by atoms with Crippen molar-refractivity contribution in [2.24, 2.45) is 5.84 Å². The molecule has 0 aromatic carbocycles. The molecule has 0 fully saturated rings. The van der Waals surface area contributed by atoms with Crippen molar-refractivity contribution in [3.63, 3.8) is 0 Å². The van der Waals surface area contributed by atoms with Gasteiger partial charge in [0.25, 0.3) is 0 Å². The third-order valence-electron chi connectivity index (χ3n) is 0.977. The molecule has 1 unspecified atom stereocenters. The van der Waals surface area contributed by atoms with Gasteiger partial charge in [0.2, 0.25) is 0 Å². The predicted molar refractivity (Wildman–Crippen MR) is 35.3 cm³/mol. The minimum absolute atomic E-state index is 0.477. The minimum atomic E-state index is 0.477. The van der Waals surface area contributed by atoms with Crippen LogP contribution in [0.4, 0.5) is 0 Å². The second kappa shape index (κ2) is 5.03. The van der Waals surface area contributed by atoms with E-state index in [-0.39, 0.29) is 0 Å². The number of rotatable bonds is 4. The lowest BCUT2D eigenvalue weighted by molar-refractivity contribution is 0.524. The molecule has 0 aliphatic carbocycles. The molecular formula is C5H15N3. The maximum Gasteiger partial charge on any atom is 0.0249 e. The summed E-state index contributed by atoms with van der Waals surface area (Å²) in [6, 6.07) is 0.477. The second-order valence-electron chi connectivity index (χ2n) is 1.87. The lowest BCUT2D eigenvalue weighted by atomic mass is 10.3. The molecule has 0 aromatic rings. The number of nitrogens with two attached hydrogens (primary N) is 1. The first-order valence-corrected chi connectivity index (χ1v) is 2.98. The van der Waals surface area contributed by atoms with E-state index >= 15 is 0 Å². The zero-order valence-electron chi connectivity index (χ0n) is 5.57. The zero-order chi connectivity index (χ0) is 6.41. The van der Waals surface area contributed by atoms with Gasteiger partial charge in [-0.15, -0.1) is 0 Å². The number of hydrogen-bond acceptors (Lipinski definition) is 3. The van der Waals surface area contributed by atoms with Gasteiger partial charge in [-0.2, -0.15) is 0 Å². The number of likely N-dealkylation sites (N-methyl/N-ethyl adjacent to an activating group) is 1. The first-order valence-electron chi connectivity index (χ1n) is 2.98. The van der Waals surface area contributed by atoms with E-state index in [1.807, 2.05) is 0 Å². The molecule has 4 N–H and O–H groups in total. The average Bonchev–Trinajstić information content (AvgIpc) is 1.68. The Morgan fingerprint density at radius 3 is 2.62 bits per heavy atom. The van der Waals surface area contributed by atoms with Crippen LogP contribution in [0.1, 0.15) is 13.8 Å². The molecule has 50 valence electrons. The lowest BCUT2D eigenvalue weighted by Gasteiger charge is -2.09. The highest BCUT2D eigenvalue weighted by Gasteiger charge is 1.93. The quantitative estimate of drug-likeness (QED) is 0.342. The summed E-state index contributed by atoms with van der Waals surface area (Å²) in [7, 11) is 0. The van der Waals surface area contributed by atoms with Crippen molar-refractivity contribution in [3.05, 3.63) is 0 Å². The van der Waals surface area contributed by atoms with E-state index in [1.54, 1.807) is 0 Å². The van der Waals surface area contributed by atoms with Gasteiger partial charge in [0.15, 0.2) is 0 Å². The zero-order valence-corrected chi connectivity index (χ0v) is 5.57. The molecule has 0 aliphatic rings. The molecule has 0 rings (SSSR count). The van der Waals surface area contributed by atoms with Gasteiger partial charge in [-0.05, 0) is 13.5 Å². The van der Waals surface area contributed by atoms with Gasteiger partial charge in [0, 0.05) is 12.6 Å². The molecule has 0 radical (unpaired) electrons. The van der Waals surface area contributed by atoms with E-state index in [0.717, 1.165) is 13.1 Å². The van der Waals surface area contributed by atoms with Crippen LogP contribution in [0.15, 0.2) is 0 Å². The monoisotopic (exact) mass is 117 g/mol. The summed E-state index contributed by atoms with van der Waals surface area (Å²) < 4.78 is 0. The van der Waals surface area contributed by atoms with E-state index in [4.69, 9.17) is 5.84 Å². The third kappa shape index (κ3) is 4.05. The Balaban J connectivity index is 2.92. The van der Waals surface area contributed by atoms with Gasteiger partial charge in [-0.3, -0.25) is 11.3 Å².